The van der Waals surface area contributed by atoms with E-state index in [2.05, 4.69) is 40.0 Å². The van der Waals surface area contributed by atoms with E-state index in [9.17, 15) is 0 Å². The lowest BCUT2D eigenvalue weighted by Crippen LogP contribution is -1.74. The van der Waals surface area contributed by atoms with Gasteiger partial charge in [-0.2, -0.15) is 0 Å². The summed E-state index contributed by atoms with van der Waals surface area (Å²) in [4.78, 5) is 4.63. The Morgan fingerprint density at radius 2 is 2.36 bits per heavy atom. The maximum absolute atomic E-state index is 3.45. The Bertz CT molecular complexity index is 343. The van der Waals surface area contributed by atoms with Crippen LogP contribution in [0.3, 0.4) is 0 Å². The molecule has 58 valence electrons. The number of hydrogen-bond donors (Lipinski definition) is 1. The fraction of sp³-hybridized carbons (Fsp3) is 0.250. The number of fused-ring (bicyclic) bond motifs is 1. The molecule has 0 saturated heterocycles. The van der Waals surface area contributed by atoms with Gasteiger partial charge in [-0.15, -0.1) is 11.3 Å². The zero-order valence-corrected chi connectivity index (χ0v) is 8.55. The van der Waals surface area contributed by atoms with E-state index in [1.54, 1.807) is 11.3 Å². The van der Waals surface area contributed by atoms with Crippen LogP contribution in [0.25, 0.3) is 10.2 Å². The Hall–Kier alpha value is -0.280. The summed E-state index contributed by atoms with van der Waals surface area (Å²) in [6.45, 7) is 2.16. The smallest absolute Gasteiger partial charge is 0.101 e. The van der Waals surface area contributed by atoms with Crippen LogP contribution >= 0.6 is 27.3 Å². The predicted octanol–water partition coefficient (Wildman–Crippen LogP) is 3.55. The zero-order chi connectivity index (χ0) is 7.84. The monoisotopic (exact) mass is 229 g/mol. The third-order valence-electron chi connectivity index (χ3n) is 1.72. The van der Waals surface area contributed by atoms with Gasteiger partial charge in [0.2, 0.25) is 0 Å². The van der Waals surface area contributed by atoms with E-state index in [4.69, 9.17) is 0 Å². The lowest BCUT2D eigenvalue weighted by atomic mass is 10.3. The maximum atomic E-state index is 3.45. The van der Waals surface area contributed by atoms with Gasteiger partial charge in [0.05, 0.1) is 3.79 Å². The van der Waals surface area contributed by atoms with Crippen LogP contribution in [0.2, 0.25) is 0 Å². The van der Waals surface area contributed by atoms with Crippen LogP contribution in [0.4, 0.5) is 0 Å². The molecule has 3 heteroatoms. The van der Waals surface area contributed by atoms with Gasteiger partial charge >= 0.3 is 0 Å². The highest BCUT2D eigenvalue weighted by molar-refractivity contribution is 9.11. The van der Waals surface area contributed by atoms with Gasteiger partial charge in [-0.1, -0.05) is 6.92 Å². The molecule has 0 radical (unpaired) electrons. The van der Waals surface area contributed by atoms with E-state index in [1.807, 2.05) is 0 Å². The van der Waals surface area contributed by atoms with Crippen LogP contribution in [0.1, 0.15) is 12.6 Å². The van der Waals surface area contributed by atoms with Gasteiger partial charge in [-0.25, -0.2) is 0 Å². The molecule has 0 aromatic carbocycles. The highest BCUT2D eigenvalue weighted by Gasteiger charge is 2.01. The van der Waals surface area contributed by atoms with E-state index in [0.29, 0.717) is 0 Å². The minimum absolute atomic E-state index is 1.08. The normalized spacial score (nSPS) is 11.1. The Labute approximate surface area is 77.6 Å². The van der Waals surface area contributed by atoms with Crippen LogP contribution in [-0.2, 0) is 6.42 Å². The molecule has 0 bridgehead atoms. The number of H-pyrrole nitrogens is 1. The van der Waals surface area contributed by atoms with Gasteiger partial charge in [-0.05, 0) is 34.5 Å². The van der Waals surface area contributed by atoms with Crippen molar-refractivity contribution in [3.63, 3.8) is 0 Å². The molecule has 11 heavy (non-hydrogen) atoms. The summed E-state index contributed by atoms with van der Waals surface area (Å²) in [6, 6.07) is 4.35. The Kier molecular flexibility index (Phi) is 1.77. The van der Waals surface area contributed by atoms with Crippen LogP contribution in [0.5, 0.6) is 0 Å². The number of aryl methyl sites for hydroxylation is 1. The van der Waals surface area contributed by atoms with E-state index in [-0.39, 0.29) is 0 Å². The quantitative estimate of drug-likeness (QED) is 0.770. The Balaban J connectivity index is 2.64. The van der Waals surface area contributed by atoms with Crippen LogP contribution in [0, 0.1) is 0 Å². The van der Waals surface area contributed by atoms with E-state index >= 15 is 0 Å². The number of halogens is 1. The van der Waals surface area contributed by atoms with Crippen LogP contribution in [-0.4, -0.2) is 4.98 Å². The van der Waals surface area contributed by atoms with Crippen molar-refractivity contribution in [3.8, 4) is 0 Å². The first kappa shape index (κ1) is 7.37. The number of thiophene rings is 1. The molecular weight excluding hydrogens is 222 g/mol. The molecule has 0 fully saturated rings. The largest absolute Gasteiger partial charge is 0.350 e. The molecule has 0 amide bonds. The first-order valence-electron chi connectivity index (χ1n) is 3.56. The molecule has 2 aromatic heterocycles. The Morgan fingerprint density at radius 1 is 1.55 bits per heavy atom. The molecule has 2 heterocycles. The molecule has 0 atom stereocenters. The van der Waals surface area contributed by atoms with E-state index in [0.717, 1.165) is 6.42 Å². The van der Waals surface area contributed by atoms with Gasteiger partial charge in [0.15, 0.2) is 0 Å². The second-order valence-electron chi connectivity index (χ2n) is 2.48. The molecule has 0 unspecified atom stereocenters. The summed E-state index contributed by atoms with van der Waals surface area (Å²) in [6.07, 6.45) is 1.08. The van der Waals surface area contributed by atoms with Gasteiger partial charge < -0.3 is 4.98 Å². The van der Waals surface area contributed by atoms with Crippen molar-refractivity contribution in [2.75, 3.05) is 0 Å². The lowest BCUT2D eigenvalue weighted by Gasteiger charge is -1.84. The minimum atomic E-state index is 1.08. The average molecular weight is 230 g/mol. The number of hydrogen-bond acceptors (Lipinski definition) is 1. The molecule has 0 aliphatic rings. The highest BCUT2D eigenvalue weighted by atomic mass is 79.9. The fourth-order valence-electron chi connectivity index (χ4n) is 1.14. The van der Waals surface area contributed by atoms with Crippen molar-refractivity contribution >= 4 is 37.5 Å². The SMILES string of the molecule is CCc1cc2cc(Br)sc2[nH]1. The minimum Gasteiger partial charge on any atom is -0.350 e. The first-order valence-corrected chi connectivity index (χ1v) is 5.17. The molecule has 0 spiro atoms. The van der Waals surface area contributed by atoms with E-state index in [1.165, 1.54) is 19.7 Å². The fourth-order valence-corrected chi connectivity index (χ4v) is 2.67. The summed E-state index contributed by atoms with van der Waals surface area (Å²) in [5.41, 5.74) is 1.32. The standard InChI is InChI=1S/C8H8BrNS/c1-2-6-3-5-4-7(9)11-8(5)10-6/h3-4,10H,2H2,1H3. The molecule has 1 nitrogen and oxygen atoms in total. The molecule has 1 N–H and O–H groups in total. The van der Waals surface area contributed by atoms with Gasteiger partial charge in [0.1, 0.15) is 4.83 Å². The second kappa shape index (κ2) is 2.64. The third-order valence-corrected chi connectivity index (χ3v) is 3.28. The van der Waals surface area contributed by atoms with Gasteiger partial charge in [0.25, 0.3) is 0 Å². The molecule has 0 saturated carbocycles. The van der Waals surface area contributed by atoms with Crippen LogP contribution < -0.4 is 0 Å². The highest BCUT2D eigenvalue weighted by Crippen LogP contribution is 2.29. The zero-order valence-electron chi connectivity index (χ0n) is 6.15. The van der Waals surface area contributed by atoms with Crippen molar-refractivity contribution in [1.29, 1.82) is 0 Å². The second-order valence-corrected chi connectivity index (χ2v) is 4.91. The van der Waals surface area contributed by atoms with Gasteiger partial charge in [-0.3, -0.25) is 0 Å². The van der Waals surface area contributed by atoms with Crippen molar-refractivity contribution < 1.29 is 0 Å². The number of nitrogens with one attached hydrogen (secondary N) is 1. The van der Waals surface area contributed by atoms with E-state index < -0.39 is 0 Å². The number of aromatic amines is 1. The van der Waals surface area contributed by atoms with Gasteiger partial charge in [0, 0.05) is 11.1 Å². The van der Waals surface area contributed by atoms with Crippen molar-refractivity contribution in [3.05, 3.63) is 21.6 Å². The van der Waals surface area contributed by atoms with Crippen molar-refractivity contribution in [2.45, 2.75) is 13.3 Å². The summed E-state index contributed by atoms with van der Waals surface area (Å²) >= 11 is 5.20. The third kappa shape index (κ3) is 1.23. The van der Waals surface area contributed by atoms with Crippen molar-refractivity contribution in [1.82, 2.24) is 4.98 Å². The summed E-state index contributed by atoms with van der Waals surface area (Å²) < 4.78 is 1.20. The van der Waals surface area contributed by atoms with Crippen molar-refractivity contribution in [2.24, 2.45) is 0 Å². The predicted molar refractivity (Wildman–Crippen MR) is 53.3 cm³/mol. The molecule has 2 rings (SSSR count). The summed E-state index contributed by atoms with van der Waals surface area (Å²) in [5.74, 6) is 0. The first-order chi connectivity index (χ1) is 5.29. The number of aromatic nitrogens is 1. The summed E-state index contributed by atoms with van der Waals surface area (Å²) in [7, 11) is 0. The number of rotatable bonds is 1. The molecule has 0 aliphatic carbocycles. The summed E-state index contributed by atoms with van der Waals surface area (Å²) in [5, 5.41) is 1.32. The molecular formula is C8H8BrNS. The molecule has 0 aliphatic heterocycles. The van der Waals surface area contributed by atoms with Crippen LogP contribution in [0.15, 0.2) is 15.9 Å². The molecule has 2 aromatic rings. The average Bonchev–Trinajstić information content (AvgIpc) is 2.43. The lowest BCUT2D eigenvalue weighted by molar-refractivity contribution is 1.08. The Morgan fingerprint density at radius 3 is 3.00 bits per heavy atom. The maximum Gasteiger partial charge on any atom is 0.101 e. The topological polar surface area (TPSA) is 15.8 Å².